The fourth-order valence-corrected chi connectivity index (χ4v) is 3.69. The van der Waals surface area contributed by atoms with Crippen molar-refractivity contribution >= 4 is 34.2 Å². The molecule has 0 spiro atoms. The van der Waals surface area contributed by atoms with Crippen LogP contribution in [0.1, 0.15) is 36.2 Å². The van der Waals surface area contributed by atoms with Gasteiger partial charge >= 0.3 is 0 Å². The number of carbonyl (C=O) groups excluding carboxylic acids is 1. The van der Waals surface area contributed by atoms with Crippen LogP contribution in [0.3, 0.4) is 0 Å². The standard InChI is InChI=1S/C25H26INO4/c1-4-13-30-24-22(26)15-18(16-23(24)29-5-2)25(28)27-19-9-11-20(12-10-19)31-21-8-6-7-17(3)14-21/h6-12,14-16H,4-5,13H2,1-3H3,(H,27,28). The minimum absolute atomic E-state index is 0.215. The molecule has 6 heteroatoms. The Bertz CT molecular complexity index is 1030. The molecule has 0 saturated heterocycles. The molecule has 3 aromatic rings. The zero-order chi connectivity index (χ0) is 22.2. The number of carbonyl (C=O) groups is 1. The average Bonchev–Trinajstić information content (AvgIpc) is 2.74. The number of halogens is 1. The highest BCUT2D eigenvalue weighted by molar-refractivity contribution is 14.1. The number of nitrogens with one attached hydrogen (secondary N) is 1. The van der Waals surface area contributed by atoms with Gasteiger partial charge in [0.05, 0.1) is 16.8 Å². The molecule has 0 radical (unpaired) electrons. The lowest BCUT2D eigenvalue weighted by Gasteiger charge is -2.15. The SMILES string of the molecule is CCCOc1c(I)cc(C(=O)Nc2ccc(Oc3cccc(C)c3)cc2)cc1OCC. The third-order valence-corrected chi connectivity index (χ3v) is 5.16. The zero-order valence-electron chi connectivity index (χ0n) is 17.9. The van der Waals surface area contributed by atoms with Crippen LogP contribution in [0.4, 0.5) is 5.69 Å². The van der Waals surface area contributed by atoms with Gasteiger partial charge in [0.15, 0.2) is 11.5 Å². The van der Waals surface area contributed by atoms with Crippen LogP contribution in [-0.2, 0) is 0 Å². The molecule has 0 heterocycles. The molecule has 162 valence electrons. The summed E-state index contributed by atoms with van der Waals surface area (Å²) in [6.45, 7) is 7.06. The molecule has 0 fully saturated rings. The summed E-state index contributed by atoms with van der Waals surface area (Å²) in [4.78, 5) is 12.8. The van der Waals surface area contributed by atoms with Gasteiger partial charge in [0.2, 0.25) is 0 Å². The van der Waals surface area contributed by atoms with Gasteiger partial charge in [-0.3, -0.25) is 4.79 Å². The first-order chi connectivity index (χ1) is 15.0. The van der Waals surface area contributed by atoms with Gasteiger partial charge in [-0.25, -0.2) is 0 Å². The fraction of sp³-hybridized carbons (Fsp3) is 0.240. The molecule has 0 bridgehead atoms. The Hall–Kier alpha value is -2.74. The van der Waals surface area contributed by atoms with Gasteiger partial charge in [0.1, 0.15) is 11.5 Å². The monoisotopic (exact) mass is 531 g/mol. The molecular formula is C25H26INO4. The predicted octanol–water partition coefficient (Wildman–Crippen LogP) is 6.83. The minimum atomic E-state index is -0.215. The highest BCUT2D eigenvalue weighted by atomic mass is 127. The number of hydrogen-bond acceptors (Lipinski definition) is 4. The lowest BCUT2D eigenvalue weighted by Crippen LogP contribution is -2.13. The second-order valence-electron chi connectivity index (χ2n) is 6.96. The molecule has 1 amide bonds. The molecular weight excluding hydrogens is 505 g/mol. The Morgan fingerprint density at radius 3 is 2.42 bits per heavy atom. The van der Waals surface area contributed by atoms with Gasteiger partial charge < -0.3 is 19.5 Å². The summed E-state index contributed by atoms with van der Waals surface area (Å²) in [5, 5.41) is 2.92. The van der Waals surface area contributed by atoms with Crippen molar-refractivity contribution in [2.24, 2.45) is 0 Å². The predicted molar refractivity (Wildman–Crippen MR) is 132 cm³/mol. The molecule has 1 N–H and O–H groups in total. The molecule has 0 aliphatic rings. The summed E-state index contributed by atoms with van der Waals surface area (Å²) in [5.41, 5.74) is 2.33. The molecule has 3 rings (SSSR count). The first-order valence-electron chi connectivity index (χ1n) is 10.2. The highest BCUT2D eigenvalue weighted by Gasteiger charge is 2.16. The van der Waals surface area contributed by atoms with E-state index in [4.69, 9.17) is 14.2 Å². The lowest BCUT2D eigenvalue weighted by molar-refractivity contribution is 0.102. The Morgan fingerprint density at radius 2 is 1.74 bits per heavy atom. The third kappa shape index (κ3) is 6.37. The molecule has 0 atom stereocenters. The highest BCUT2D eigenvalue weighted by Crippen LogP contribution is 2.34. The van der Waals surface area contributed by atoms with E-state index in [0.717, 1.165) is 21.3 Å². The lowest BCUT2D eigenvalue weighted by atomic mass is 10.1. The summed E-state index contributed by atoms with van der Waals surface area (Å²) in [5.74, 6) is 2.52. The van der Waals surface area contributed by atoms with E-state index in [0.29, 0.717) is 41.7 Å². The van der Waals surface area contributed by atoms with Crippen LogP contribution < -0.4 is 19.5 Å². The van der Waals surface area contributed by atoms with Crippen molar-refractivity contribution in [2.75, 3.05) is 18.5 Å². The number of hydrogen-bond donors (Lipinski definition) is 1. The van der Waals surface area contributed by atoms with Crippen LogP contribution in [0, 0.1) is 10.5 Å². The quantitative estimate of drug-likeness (QED) is 0.308. The van der Waals surface area contributed by atoms with E-state index in [2.05, 4.69) is 27.9 Å². The number of aryl methyl sites for hydroxylation is 1. The fourth-order valence-electron chi connectivity index (χ4n) is 2.93. The first kappa shape index (κ1) is 22.9. The van der Waals surface area contributed by atoms with E-state index in [1.165, 1.54) is 0 Å². The Morgan fingerprint density at radius 1 is 0.968 bits per heavy atom. The van der Waals surface area contributed by atoms with Crippen molar-refractivity contribution < 1.29 is 19.0 Å². The topological polar surface area (TPSA) is 56.8 Å². The van der Waals surface area contributed by atoms with Crippen molar-refractivity contribution in [3.8, 4) is 23.0 Å². The molecule has 0 aliphatic heterocycles. The van der Waals surface area contributed by atoms with Gasteiger partial charge in [-0.1, -0.05) is 19.1 Å². The van der Waals surface area contributed by atoms with Crippen molar-refractivity contribution in [3.63, 3.8) is 0 Å². The van der Waals surface area contributed by atoms with E-state index in [1.807, 2.05) is 69.3 Å². The molecule has 31 heavy (non-hydrogen) atoms. The van der Waals surface area contributed by atoms with E-state index in [9.17, 15) is 4.79 Å². The second kappa shape index (κ2) is 11.0. The number of rotatable bonds is 9. The summed E-state index contributed by atoms with van der Waals surface area (Å²) in [6, 6.07) is 18.7. The summed E-state index contributed by atoms with van der Waals surface area (Å²) < 4.78 is 18.2. The average molecular weight is 531 g/mol. The summed E-state index contributed by atoms with van der Waals surface area (Å²) >= 11 is 2.17. The van der Waals surface area contributed by atoms with Crippen LogP contribution in [-0.4, -0.2) is 19.1 Å². The van der Waals surface area contributed by atoms with Gasteiger partial charge in [-0.2, -0.15) is 0 Å². The van der Waals surface area contributed by atoms with Crippen molar-refractivity contribution in [2.45, 2.75) is 27.2 Å². The van der Waals surface area contributed by atoms with Crippen molar-refractivity contribution in [1.29, 1.82) is 0 Å². The summed E-state index contributed by atoms with van der Waals surface area (Å²) in [6.07, 6.45) is 0.896. The number of amides is 1. The maximum Gasteiger partial charge on any atom is 0.255 e. The molecule has 5 nitrogen and oxygen atoms in total. The Labute approximate surface area is 196 Å². The molecule has 0 unspecified atom stereocenters. The normalized spacial score (nSPS) is 10.5. The van der Waals surface area contributed by atoms with Gasteiger partial charge in [-0.05, 0) is 97.0 Å². The van der Waals surface area contributed by atoms with E-state index >= 15 is 0 Å². The van der Waals surface area contributed by atoms with Crippen LogP contribution in [0.5, 0.6) is 23.0 Å². The number of anilines is 1. The first-order valence-corrected chi connectivity index (χ1v) is 11.3. The summed E-state index contributed by atoms with van der Waals surface area (Å²) in [7, 11) is 0. The number of benzene rings is 3. The van der Waals surface area contributed by atoms with E-state index in [1.54, 1.807) is 12.1 Å². The van der Waals surface area contributed by atoms with Gasteiger partial charge in [-0.15, -0.1) is 0 Å². The Balaban J connectivity index is 1.72. The molecule has 0 aliphatic carbocycles. The smallest absolute Gasteiger partial charge is 0.255 e. The zero-order valence-corrected chi connectivity index (χ0v) is 20.1. The largest absolute Gasteiger partial charge is 0.490 e. The molecule has 0 saturated carbocycles. The van der Waals surface area contributed by atoms with E-state index in [-0.39, 0.29) is 5.91 Å². The maximum atomic E-state index is 12.8. The van der Waals surface area contributed by atoms with Gasteiger partial charge in [0.25, 0.3) is 5.91 Å². The molecule has 0 aromatic heterocycles. The van der Waals surface area contributed by atoms with Crippen molar-refractivity contribution in [3.05, 3.63) is 75.4 Å². The van der Waals surface area contributed by atoms with Crippen molar-refractivity contribution in [1.82, 2.24) is 0 Å². The van der Waals surface area contributed by atoms with Crippen LogP contribution in [0.15, 0.2) is 60.7 Å². The van der Waals surface area contributed by atoms with Crippen LogP contribution in [0.25, 0.3) is 0 Å². The van der Waals surface area contributed by atoms with Gasteiger partial charge in [0, 0.05) is 11.3 Å². The maximum absolute atomic E-state index is 12.8. The Kier molecular flexibility index (Phi) is 8.17. The third-order valence-electron chi connectivity index (χ3n) is 4.36. The van der Waals surface area contributed by atoms with Crippen LogP contribution >= 0.6 is 22.6 Å². The minimum Gasteiger partial charge on any atom is -0.490 e. The number of ether oxygens (including phenoxy) is 3. The molecule has 3 aromatic carbocycles. The van der Waals surface area contributed by atoms with Crippen LogP contribution in [0.2, 0.25) is 0 Å². The van der Waals surface area contributed by atoms with E-state index < -0.39 is 0 Å². The second-order valence-corrected chi connectivity index (χ2v) is 8.13.